The van der Waals surface area contributed by atoms with Gasteiger partial charge in [0.2, 0.25) is 5.95 Å². The number of aromatic nitrogens is 4. The second kappa shape index (κ2) is 5.90. The van der Waals surface area contributed by atoms with Crippen molar-refractivity contribution in [2.24, 2.45) is 5.92 Å². The van der Waals surface area contributed by atoms with Crippen LogP contribution < -0.4 is 4.90 Å². The number of tetrazole rings is 1. The molecule has 0 aliphatic carbocycles. The minimum atomic E-state index is -0.720. The van der Waals surface area contributed by atoms with Gasteiger partial charge in [-0.2, -0.15) is 4.68 Å². The first kappa shape index (κ1) is 13.5. The molecule has 0 saturated carbocycles. The maximum Gasteiger partial charge on any atom is 0.303 e. The number of carbonyl (C=O) groups is 1. The molecule has 110 valence electrons. The minimum absolute atomic E-state index is 0.247. The Morgan fingerprint density at radius 3 is 2.62 bits per heavy atom. The van der Waals surface area contributed by atoms with Crippen molar-refractivity contribution in [1.29, 1.82) is 0 Å². The average molecular weight is 287 g/mol. The molecule has 0 unspecified atom stereocenters. The Morgan fingerprint density at radius 1 is 1.24 bits per heavy atom. The number of carboxylic acids is 1. The van der Waals surface area contributed by atoms with Crippen molar-refractivity contribution >= 4 is 11.9 Å². The molecule has 0 spiro atoms. The van der Waals surface area contributed by atoms with Gasteiger partial charge in [-0.25, -0.2) is 0 Å². The molecular formula is C14H17N5O2. The summed E-state index contributed by atoms with van der Waals surface area (Å²) in [6.07, 6.45) is 1.96. The zero-order valence-corrected chi connectivity index (χ0v) is 11.6. The van der Waals surface area contributed by atoms with Gasteiger partial charge in [0, 0.05) is 19.5 Å². The predicted molar refractivity (Wildman–Crippen MR) is 76.3 cm³/mol. The lowest BCUT2D eigenvalue weighted by Gasteiger charge is -2.31. The summed E-state index contributed by atoms with van der Waals surface area (Å²) >= 11 is 0. The molecule has 7 heteroatoms. The summed E-state index contributed by atoms with van der Waals surface area (Å²) in [5.74, 6) is 0.248. The summed E-state index contributed by atoms with van der Waals surface area (Å²) in [6.45, 7) is 1.57. The molecule has 1 aromatic carbocycles. The predicted octanol–water partition coefficient (Wildman–Crippen LogP) is 1.35. The van der Waals surface area contributed by atoms with Crippen LogP contribution in [0.3, 0.4) is 0 Å². The maximum atomic E-state index is 10.8. The summed E-state index contributed by atoms with van der Waals surface area (Å²) in [5, 5.41) is 20.8. The number of piperidine rings is 1. The van der Waals surface area contributed by atoms with Crippen molar-refractivity contribution < 1.29 is 9.90 Å². The lowest BCUT2D eigenvalue weighted by atomic mass is 9.94. The molecule has 1 fully saturated rings. The molecule has 1 saturated heterocycles. The van der Waals surface area contributed by atoms with Crippen LogP contribution in [0.25, 0.3) is 5.69 Å². The highest BCUT2D eigenvalue weighted by molar-refractivity contribution is 5.67. The maximum absolute atomic E-state index is 10.8. The Bertz CT molecular complexity index is 605. The Hall–Kier alpha value is -2.44. The summed E-state index contributed by atoms with van der Waals surface area (Å²) in [5.41, 5.74) is 0.921. The van der Waals surface area contributed by atoms with Crippen LogP contribution in [-0.4, -0.2) is 44.4 Å². The van der Waals surface area contributed by atoms with Gasteiger partial charge in [-0.3, -0.25) is 4.79 Å². The van der Waals surface area contributed by atoms with Crippen LogP contribution >= 0.6 is 0 Å². The van der Waals surface area contributed by atoms with E-state index in [-0.39, 0.29) is 12.3 Å². The van der Waals surface area contributed by atoms with E-state index in [4.69, 9.17) is 5.11 Å². The van der Waals surface area contributed by atoms with Gasteiger partial charge in [0.1, 0.15) is 0 Å². The van der Waals surface area contributed by atoms with Crippen LogP contribution in [0, 0.1) is 5.92 Å². The standard InChI is InChI=1S/C14H17N5O2/c20-13(21)10-11-6-8-18(9-7-11)14-15-16-17-19(14)12-4-2-1-3-5-12/h1-5,11H,6-10H2,(H,20,21). The number of para-hydroxylation sites is 1. The third-order valence-corrected chi connectivity index (χ3v) is 3.81. The smallest absolute Gasteiger partial charge is 0.303 e. The zero-order chi connectivity index (χ0) is 14.7. The van der Waals surface area contributed by atoms with Gasteiger partial charge in [0.25, 0.3) is 0 Å². The van der Waals surface area contributed by atoms with Crippen molar-refractivity contribution in [1.82, 2.24) is 20.2 Å². The van der Waals surface area contributed by atoms with Gasteiger partial charge in [-0.05, 0) is 41.3 Å². The molecule has 3 rings (SSSR count). The molecule has 0 radical (unpaired) electrons. The third kappa shape index (κ3) is 3.01. The Kier molecular flexibility index (Phi) is 3.81. The number of hydrogen-bond acceptors (Lipinski definition) is 5. The number of carboxylic acid groups (broad SMARTS) is 1. The van der Waals surface area contributed by atoms with E-state index >= 15 is 0 Å². The molecule has 1 aliphatic heterocycles. The highest BCUT2D eigenvalue weighted by Gasteiger charge is 2.24. The van der Waals surface area contributed by atoms with Crippen LogP contribution in [0.5, 0.6) is 0 Å². The molecule has 2 aromatic rings. The van der Waals surface area contributed by atoms with Gasteiger partial charge < -0.3 is 10.0 Å². The molecule has 1 aliphatic rings. The van der Waals surface area contributed by atoms with E-state index in [1.54, 1.807) is 4.68 Å². The summed E-state index contributed by atoms with van der Waals surface area (Å²) in [6, 6.07) is 9.75. The van der Waals surface area contributed by atoms with Crippen molar-refractivity contribution in [2.75, 3.05) is 18.0 Å². The lowest BCUT2D eigenvalue weighted by molar-refractivity contribution is -0.138. The number of hydrogen-bond donors (Lipinski definition) is 1. The third-order valence-electron chi connectivity index (χ3n) is 3.81. The first-order valence-corrected chi connectivity index (χ1v) is 7.04. The molecule has 0 amide bonds. The molecule has 7 nitrogen and oxygen atoms in total. The first-order valence-electron chi connectivity index (χ1n) is 7.04. The fourth-order valence-corrected chi connectivity index (χ4v) is 2.70. The Balaban J connectivity index is 1.72. The van der Waals surface area contributed by atoms with Gasteiger partial charge in [0.15, 0.2) is 0 Å². The van der Waals surface area contributed by atoms with E-state index in [1.165, 1.54) is 0 Å². The summed E-state index contributed by atoms with van der Waals surface area (Å²) in [4.78, 5) is 12.9. The van der Waals surface area contributed by atoms with Crippen LogP contribution in [-0.2, 0) is 4.79 Å². The molecule has 0 bridgehead atoms. The topological polar surface area (TPSA) is 84.1 Å². The molecular weight excluding hydrogens is 270 g/mol. The molecule has 0 atom stereocenters. The van der Waals surface area contributed by atoms with Crippen LogP contribution in [0.2, 0.25) is 0 Å². The monoisotopic (exact) mass is 287 g/mol. The van der Waals surface area contributed by atoms with Crippen LogP contribution in [0.4, 0.5) is 5.95 Å². The molecule has 2 heterocycles. The van der Waals surface area contributed by atoms with Gasteiger partial charge in [-0.15, -0.1) is 0 Å². The highest BCUT2D eigenvalue weighted by atomic mass is 16.4. The second-order valence-electron chi connectivity index (χ2n) is 5.25. The summed E-state index contributed by atoms with van der Waals surface area (Å²) < 4.78 is 1.72. The SMILES string of the molecule is O=C(O)CC1CCN(c2nnnn2-c2ccccc2)CC1. The number of anilines is 1. The molecule has 1 N–H and O–H groups in total. The summed E-state index contributed by atoms with van der Waals surface area (Å²) in [7, 11) is 0. The van der Waals surface area contributed by atoms with E-state index in [9.17, 15) is 4.79 Å². The second-order valence-corrected chi connectivity index (χ2v) is 5.25. The van der Waals surface area contributed by atoms with Crippen LogP contribution in [0.15, 0.2) is 30.3 Å². The number of rotatable bonds is 4. The van der Waals surface area contributed by atoms with E-state index in [0.717, 1.165) is 37.6 Å². The van der Waals surface area contributed by atoms with Gasteiger partial charge in [0.05, 0.1) is 5.69 Å². The average Bonchev–Trinajstić information content (AvgIpc) is 2.98. The van der Waals surface area contributed by atoms with E-state index in [1.807, 2.05) is 30.3 Å². The quantitative estimate of drug-likeness (QED) is 0.914. The van der Waals surface area contributed by atoms with E-state index in [2.05, 4.69) is 20.4 Å². The van der Waals surface area contributed by atoms with Crippen molar-refractivity contribution in [3.8, 4) is 5.69 Å². The number of nitrogens with zero attached hydrogens (tertiary/aromatic N) is 5. The van der Waals surface area contributed by atoms with Crippen molar-refractivity contribution in [3.63, 3.8) is 0 Å². The van der Waals surface area contributed by atoms with Crippen molar-refractivity contribution in [2.45, 2.75) is 19.3 Å². The highest BCUT2D eigenvalue weighted by Crippen LogP contribution is 2.24. The van der Waals surface area contributed by atoms with Gasteiger partial charge in [-0.1, -0.05) is 23.3 Å². The normalized spacial score (nSPS) is 16.1. The Morgan fingerprint density at radius 2 is 1.95 bits per heavy atom. The fraction of sp³-hybridized carbons (Fsp3) is 0.429. The van der Waals surface area contributed by atoms with E-state index < -0.39 is 5.97 Å². The van der Waals surface area contributed by atoms with Crippen LogP contribution in [0.1, 0.15) is 19.3 Å². The largest absolute Gasteiger partial charge is 0.481 e. The number of benzene rings is 1. The number of aliphatic carboxylic acids is 1. The Labute approximate surface area is 122 Å². The first-order chi connectivity index (χ1) is 10.2. The minimum Gasteiger partial charge on any atom is -0.481 e. The van der Waals surface area contributed by atoms with Crippen molar-refractivity contribution in [3.05, 3.63) is 30.3 Å². The van der Waals surface area contributed by atoms with E-state index in [0.29, 0.717) is 0 Å². The molecule has 1 aromatic heterocycles. The fourth-order valence-electron chi connectivity index (χ4n) is 2.70. The van der Waals surface area contributed by atoms with Gasteiger partial charge >= 0.3 is 5.97 Å². The molecule has 21 heavy (non-hydrogen) atoms. The lowest BCUT2D eigenvalue weighted by Crippen LogP contribution is -2.36. The zero-order valence-electron chi connectivity index (χ0n) is 11.6.